The Morgan fingerprint density at radius 1 is 1.04 bits per heavy atom. The SMILES string of the molecule is O=C(NCC(O)Cc1ccccc1)Nc1ccc(C(F)(F)F)cc1. The molecule has 0 aliphatic rings. The molecule has 7 heteroatoms. The van der Waals surface area contributed by atoms with Crippen LogP contribution in [0.4, 0.5) is 23.7 Å². The molecule has 1 atom stereocenters. The number of alkyl halides is 3. The van der Waals surface area contributed by atoms with Gasteiger partial charge >= 0.3 is 12.2 Å². The van der Waals surface area contributed by atoms with Crippen LogP contribution in [-0.4, -0.2) is 23.8 Å². The molecule has 0 aliphatic carbocycles. The second-order valence-electron chi connectivity index (χ2n) is 5.25. The van der Waals surface area contributed by atoms with E-state index in [1.807, 2.05) is 30.3 Å². The highest BCUT2D eigenvalue weighted by molar-refractivity contribution is 5.89. The van der Waals surface area contributed by atoms with Crippen molar-refractivity contribution >= 4 is 11.7 Å². The maximum atomic E-state index is 12.4. The van der Waals surface area contributed by atoms with Gasteiger partial charge in [0.05, 0.1) is 11.7 Å². The maximum absolute atomic E-state index is 12.4. The Bertz CT molecular complexity index is 658. The van der Waals surface area contributed by atoms with Crippen molar-refractivity contribution in [3.63, 3.8) is 0 Å². The molecule has 3 N–H and O–H groups in total. The normalized spacial score (nSPS) is 12.5. The van der Waals surface area contributed by atoms with Crippen LogP contribution in [0.1, 0.15) is 11.1 Å². The van der Waals surface area contributed by atoms with Crippen molar-refractivity contribution in [2.24, 2.45) is 0 Å². The van der Waals surface area contributed by atoms with Crippen molar-refractivity contribution in [2.45, 2.75) is 18.7 Å². The van der Waals surface area contributed by atoms with Gasteiger partial charge in [0.25, 0.3) is 0 Å². The van der Waals surface area contributed by atoms with E-state index < -0.39 is 23.9 Å². The number of amides is 2. The van der Waals surface area contributed by atoms with E-state index in [4.69, 9.17) is 0 Å². The highest BCUT2D eigenvalue weighted by atomic mass is 19.4. The lowest BCUT2D eigenvalue weighted by Gasteiger charge is -2.13. The quantitative estimate of drug-likeness (QED) is 0.782. The molecule has 0 spiro atoms. The van der Waals surface area contributed by atoms with Crippen LogP contribution in [0, 0.1) is 0 Å². The Hall–Kier alpha value is -2.54. The van der Waals surface area contributed by atoms with Crippen molar-refractivity contribution in [3.05, 3.63) is 65.7 Å². The Balaban J connectivity index is 1.78. The molecule has 0 heterocycles. The van der Waals surface area contributed by atoms with Crippen LogP contribution in [0.3, 0.4) is 0 Å². The number of halogens is 3. The van der Waals surface area contributed by atoms with Gasteiger partial charge in [-0.3, -0.25) is 0 Å². The van der Waals surface area contributed by atoms with Crippen LogP contribution in [-0.2, 0) is 12.6 Å². The Labute approximate surface area is 137 Å². The smallest absolute Gasteiger partial charge is 0.391 e. The third-order valence-electron chi connectivity index (χ3n) is 3.28. The van der Waals surface area contributed by atoms with E-state index in [2.05, 4.69) is 10.6 Å². The maximum Gasteiger partial charge on any atom is 0.416 e. The minimum absolute atomic E-state index is 0.0291. The molecule has 2 aromatic rings. The molecular formula is C17H17F3N2O2. The summed E-state index contributed by atoms with van der Waals surface area (Å²) >= 11 is 0. The zero-order valence-electron chi connectivity index (χ0n) is 12.7. The third kappa shape index (κ3) is 5.58. The summed E-state index contributed by atoms with van der Waals surface area (Å²) in [7, 11) is 0. The number of hydrogen-bond acceptors (Lipinski definition) is 2. The third-order valence-corrected chi connectivity index (χ3v) is 3.28. The zero-order chi connectivity index (χ0) is 17.6. The number of benzene rings is 2. The molecule has 0 fully saturated rings. The molecule has 0 aliphatic heterocycles. The first-order valence-electron chi connectivity index (χ1n) is 7.28. The number of carbonyl (C=O) groups excluding carboxylic acids is 1. The molecule has 0 bridgehead atoms. The lowest BCUT2D eigenvalue weighted by Crippen LogP contribution is -2.36. The average molecular weight is 338 g/mol. The highest BCUT2D eigenvalue weighted by Crippen LogP contribution is 2.29. The summed E-state index contributed by atoms with van der Waals surface area (Å²) in [4.78, 5) is 11.7. The minimum Gasteiger partial charge on any atom is -0.391 e. The second kappa shape index (κ2) is 7.83. The van der Waals surface area contributed by atoms with E-state index in [9.17, 15) is 23.1 Å². The molecule has 128 valence electrons. The van der Waals surface area contributed by atoms with Gasteiger partial charge in [0, 0.05) is 18.7 Å². The summed E-state index contributed by atoms with van der Waals surface area (Å²) in [6.07, 6.45) is -4.78. The fourth-order valence-corrected chi connectivity index (χ4v) is 2.09. The topological polar surface area (TPSA) is 61.4 Å². The van der Waals surface area contributed by atoms with Crippen LogP contribution >= 0.6 is 0 Å². The van der Waals surface area contributed by atoms with Crippen LogP contribution in [0.25, 0.3) is 0 Å². The number of carbonyl (C=O) groups is 1. The van der Waals surface area contributed by atoms with E-state index in [-0.39, 0.29) is 12.2 Å². The zero-order valence-corrected chi connectivity index (χ0v) is 12.7. The van der Waals surface area contributed by atoms with E-state index in [1.165, 1.54) is 12.1 Å². The summed E-state index contributed by atoms with van der Waals surface area (Å²) in [5, 5.41) is 14.8. The summed E-state index contributed by atoms with van der Waals surface area (Å²) in [6, 6.07) is 12.8. The average Bonchev–Trinajstić information content (AvgIpc) is 2.53. The number of hydrogen-bond donors (Lipinski definition) is 3. The fraction of sp³-hybridized carbons (Fsp3) is 0.235. The number of urea groups is 1. The number of nitrogens with one attached hydrogen (secondary N) is 2. The number of aliphatic hydroxyl groups is 1. The van der Waals surface area contributed by atoms with Crippen molar-refractivity contribution in [1.82, 2.24) is 5.32 Å². The number of anilines is 1. The molecule has 4 nitrogen and oxygen atoms in total. The van der Waals surface area contributed by atoms with Gasteiger partial charge < -0.3 is 15.7 Å². The Morgan fingerprint density at radius 3 is 2.25 bits per heavy atom. The molecule has 2 aromatic carbocycles. The molecular weight excluding hydrogens is 321 g/mol. The molecule has 0 aromatic heterocycles. The first-order chi connectivity index (χ1) is 11.3. The molecule has 1 unspecified atom stereocenters. The lowest BCUT2D eigenvalue weighted by atomic mass is 10.1. The number of aliphatic hydroxyl groups excluding tert-OH is 1. The van der Waals surface area contributed by atoms with E-state index in [1.54, 1.807) is 0 Å². The number of rotatable bonds is 5. The van der Waals surface area contributed by atoms with E-state index >= 15 is 0 Å². The first kappa shape index (κ1) is 17.8. The van der Waals surface area contributed by atoms with Crippen molar-refractivity contribution in [1.29, 1.82) is 0 Å². The molecule has 2 amide bonds. The van der Waals surface area contributed by atoms with Crippen LogP contribution < -0.4 is 10.6 Å². The summed E-state index contributed by atoms with van der Waals surface area (Å²) < 4.78 is 37.3. The molecule has 0 saturated carbocycles. The van der Waals surface area contributed by atoms with Crippen molar-refractivity contribution in [3.8, 4) is 0 Å². The van der Waals surface area contributed by atoms with Gasteiger partial charge in [-0.05, 0) is 29.8 Å². The van der Waals surface area contributed by atoms with Crippen molar-refractivity contribution < 1.29 is 23.1 Å². The van der Waals surface area contributed by atoms with Crippen molar-refractivity contribution in [2.75, 3.05) is 11.9 Å². The van der Waals surface area contributed by atoms with E-state index in [0.29, 0.717) is 6.42 Å². The predicted molar refractivity (Wildman–Crippen MR) is 84.6 cm³/mol. The van der Waals surface area contributed by atoms with Gasteiger partial charge in [-0.1, -0.05) is 30.3 Å². The summed E-state index contributed by atoms with van der Waals surface area (Å²) in [6.45, 7) is 0.0291. The largest absolute Gasteiger partial charge is 0.416 e. The van der Waals surface area contributed by atoms with Crippen LogP contribution in [0.15, 0.2) is 54.6 Å². The standard InChI is InChI=1S/C17H17F3N2O2/c18-17(19,20)13-6-8-14(9-7-13)22-16(24)21-11-15(23)10-12-4-2-1-3-5-12/h1-9,15,23H,10-11H2,(H2,21,22,24). The summed E-state index contributed by atoms with van der Waals surface area (Å²) in [5.74, 6) is 0. The Morgan fingerprint density at radius 2 is 1.67 bits per heavy atom. The van der Waals surface area contributed by atoms with Gasteiger partial charge in [0.2, 0.25) is 0 Å². The van der Waals surface area contributed by atoms with Gasteiger partial charge in [-0.15, -0.1) is 0 Å². The van der Waals surface area contributed by atoms with Gasteiger partial charge in [0.15, 0.2) is 0 Å². The van der Waals surface area contributed by atoms with Crippen LogP contribution in [0.2, 0.25) is 0 Å². The Kier molecular flexibility index (Phi) is 5.81. The lowest BCUT2D eigenvalue weighted by molar-refractivity contribution is -0.137. The minimum atomic E-state index is -4.41. The van der Waals surface area contributed by atoms with Crippen LogP contribution in [0.5, 0.6) is 0 Å². The van der Waals surface area contributed by atoms with Gasteiger partial charge in [-0.25, -0.2) is 4.79 Å². The van der Waals surface area contributed by atoms with E-state index in [0.717, 1.165) is 17.7 Å². The fourth-order valence-electron chi connectivity index (χ4n) is 2.09. The molecule has 0 saturated heterocycles. The highest BCUT2D eigenvalue weighted by Gasteiger charge is 2.29. The molecule has 2 rings (SSSR count). The van der Waals surface area contributed by atoms with Gasteiger partial charge in [-0.2, -0.15) is 13.2 Å². The molecule has 24 heavy (non-hydrogen) atoms. The second-order valence-corrected chi connectivity index (χ2v) is 5.25. The molecule has 0 radical (unpaired) electrons. The first-order valence-corrected chi connectivity index (χ1v) is 7.28. The monoisotopic (exact) mass is 338 g/mol. The predicted octanol–water partition coefficient (Wildman–Crippen LogP) is 3.43. The summed E-state index contributed by atoms with van der Waals surface area (Å²) in [5.41, 5.74) is 0.389. The van der Waals surface area contributed by atoms with Gasteiger partial charge in [0.1, 0.15) is 0 Å².